The Kier molecular flexibility index (Phi) is 6.66. The van der Waals surface area contributed by atoms with E-state index in [2.05, 4.69) is 15.4 Å². The van der Waals surface area contributed by atoms with Crippen LogP contribution < -0.4 is 15.4 Å². The molecule has 0 bridgehead atoms. The summed E-state index contributed by atoms with van der Waals surface area (Å²) in [6, 6.07) is 11.3. The third kappa shape index (κ3) is 6.55. The molecule has 2 aromatic rings. The van der Waals surface area contributed by atoms with Crippen LogP contribution in [0.25, 0.3) is 0 Å². The summed E-state index contributed by atoms with van der Waals surface area (Å²) in [5, 5.41) is 6.19. The van der Waals surface area contributed by atoms with E-state index in [0.717, 1.165) is 5.56 Å². The normalized spacial score (nSPS) is 11.2. The van der Waals surface area contributed by atoms with Gasteiger partial charge in [-0.2, -0.15) is 0 Å². The maximum Gasteiger partial charge on any atom is 0.319 e. The number of carbonyl (C=O) groups excluding carboxylic acids is 1. The second kappa shape index (κ2) is 8.53. The summed E-state index contributed by atoms with van der Waals surface area (Å²) in [6.07, 6.45) is 0. The number of hydrogen-bond acceptors (Lipinski definition) is 3. The van der Waals surface area contributed by atoms with E-state index in [0.29, 0.717) is 27.8 Å². The van der Waals surface area contributed by atoms with E-state index in [4.69, 9.17) is 23.2 Å². The number of amides is 2. The second-order valence-electron chi connectivity index (χ2n) is 5.25. The van der Waals surface area contributed by atoms with Gasteiger partial charge >= 0.3 is 6.03 Å². The Hall–Kier alpha value is -1.80. The van der Waals surface area contributed by atoms with Crippen molar-refractivity contribution in [2.45, 2.75) is 12.3 Å². The molecule has 0 saturated heterocycles. The number of rotatable bonds is 6. The number of benzene rings is 2. The SMILES string of the molecule is CNS(=O)(=O)Cc1ccc(CNC(=O)Nc2cc(Cl)cc(Cl)c2)cc1. The number of nitrogens with one attached hydrogen (secondary N) is 3. The Morgan fingerprint density at radius 2 is 1.56 bits per heavy atom. The maximum absolute atomic E-state index is 11.9. The average Bonchev–Trinajstić information content (AvgIpc) is 2.53. The Morgan fingerprint density at radius 1 is 1.00 bits per heavy atom. The zero-order chi connectivity index (χ0) is 18.4. The number of anilines is 1. The van der Waals surface area contributed by atoms with Crippen molar-refractivity contribution in [2.75, 3.05) is 12.4 Å². The van der Waals surface area contributed by atoms with E-state index in [-0.39, 0.29) is 5.75 Å². The second-order valence-corrected chi connectivity index (χ2v) is 8.04. The summed E-state index contributed by atoms with van der Waals surface area (Å²) in [6.45, 7) is 0.291. The molecule has 0 heterocycles. The highest BCUT2D eigenvalue weighted by Gasteiger charge is 2.08. The van der Waals surface area contributed by atoms with Crippen LogP contribution >= 0.6 is 23.2 Å². The van der Waals surface area contributed by atoms with Gasteiger partial charge in [0.15, 0.2) is 0 Å². The fourth-order valence-corrected chi connectivity index (χ4v) is 3.33. The molecule has 2 amide bonds. The minimum atomic E-state index is -3.30. The molecule has 0 unspecified atom stereocenters. The van der Waals surface area contributed by atoms with Gasteiger partial charge in [-0.3, -0.25) is 0 Å². The van der Waals surface area contributed by atoms with Crippen molar-refractivity contribution in [3.05, 3.63) is 63.6 Å². The van der Waals surface area contributed by atoms with Crippen LogP contribution in [0.15, 0.2) is 42.5 Å². The first-order chi connectivity index (χ1) is 11.8. The fraction of sp³-hybridized carbons (Fsp3) is 0.188. The first-order valence-corrected chi connectivity index (χ1v) is 9.68. The predicted octanol–water partition coefficient (Wildman–Crippen LogP) is 3.36. The van der Waals surface area contributed by atoms with E-state index >= 15 is 0 Å². The summed E-state index contributed by atoms with van der Waals surface area (Å²) in [7, 11) is -1.93. The van der Waals surface area contributed by atoms with Gasteiger partial charge in [-0.1, -0.05) is 47.5 Å². The van der Waals surface area contributed by atoms with Crippen LogP contribution in [-0.4, -0.2) is 21.5 Å². The van der Waals surface area contributed by atoms with Crippen LogP contribution in [0.2, 0.25) is 10.0 Å². The van der Waals surface area contributed by atoms with Crippen molar-refractivity contribution >= 4 is 44.9 Å². The molecular formula is C16H17Cl2N3O3S. The average molecular weight is 402 g/mol. The Balaban J connectivity index is 1.89. The third-order valence-electron chi connectivity index (χ3n) is 3.26. The number of halogens is 2. The number of carbonyl (C=O) groups is 1. The van der Waals surface area contributed by atoms with Crippen LogP contribution in [0.3, 0.4) is 0 Å². The Morgan fingerprint density at radius 3 is 2.12 bits per heavy atom. The molecule has 0 aliphatic carbocycles. The van der Waals surface area contributed by atoms with E-state index in [1.54, 1.807) is 42.5 Å². The van der Waals surface area contributed by atoms with Crippen molar-refractivity contribution in [1.82, 2.24) is 10.0 Å². The summed E-state index contributed by atoms with van der Waals surface area (Å²) in [5.41, 5.74) is 1.99. The van der Waals surface area contributed by atoms with Crippen LogP contribution in [0, 0.1) is 0 Å². The molecule has 0 atom stereocenters. The van der Waals surface area contributed by atoms with Gasteiger partial charge in [0.1, 0.15) is 0 Å². The summed E-state index contributed by atoms with van der Waals surface area (Å²) < 4.78 is 25.3. The Bertz CT molecular complexity index is 835. The molecule has 9 heteroatoms. The molecule has 0 saturated carbocycles. The standard InChI is InChI=1S/C16H17Cl2N3O3S/c1-19-25(23,24)10-12-4-2-11(3-5-12)9-20-16(22)21-15-7-13(17)6-14(18)8-15/h2-8,19H,9-10H2,1H3,(H2,20,21,22). The summed E-state index contributed by atoms with van der Waals surface area (Å²) in [5.74, 6) is -0.0901. The molecule has 3 N–H and O–H groups in total. The van der Waals surface area contributed by atoms with Gasteiger partial charge in [0, 0.05) is 22.3 Å². The predicted molar refractivity (Wildman–Crippen MR) is 100 cm³/mol. The van der Waals surface area contributed by atoms with Gasteiger partial charge in [-0.05, 0) is 36.4 Å². The summed E-state index contributed by atoms with van der Waals surface area (Å²) >= 11 is 11.7. The van der Waals surface area contributed by atoms with E-state index in [9.17, 15) is 13.2 Å². The smallest absolute Gasteiger partial charge is 0.319 e. The van der Waals surface area contributed by atoms with Crippen LogP contribution in [0.4, 0.5) is 10.5 Å². The highest BCUT2D eigenvalue weighted by Crippen LogP contribution is 2.22. The zero-order valence-corrected chi connectivity index (χ0v) is 15.7. The van der Waals surface area contributed by atoms with Crippen molar-refractivity contribution in [3.63, 3.8) is 0 Å². The largest absolute Gasteiger partial charge is 0.334 e. The molecule has 6 nitrogen and oxygen atoms in total. The highest BCUT2D eigenvalue weighted by molar-refractivity contribution is 7.88. The van der Waals surface area contributed by atoms with Crippen LogP contribution in [-0.2, 0) is 22.3 Å². The van der Waals surface area contributed by atoms with Crippen molar-refractivity contribution < 1.29 is 13.2 Å². The quantitative estimate of drug-likeness (QED) is 0.693. The van der Waals surface area contributed by atoms with E-state index < -0.39 is 16.1 Å². The Labute approximate surface area is 156 Å². The van der Waals surface area contributed by atoms with Gasteiger partial charge in [0.25, 0.3) is 0 Å². The lowest BCUT2D eigenvalue weighted by molar-refractivity contribution is 0.251. The number of sulfonamides is 1. The zero-order valence-electron chi connectivity index (χ0n) is 13.3. The molecule has 0 aromatic heterocycles. The van der Waals surface area contributed by atoms with Gasteiger partial charge in [0.05, 0.1) is 5.75 Å². The van der Waals surface area contributed by atoms with Gasteiger partial charge in [-0.25, -0.2) is 17.9 Å². The van der Waals surface area contributed by atoms with Crippen molar-refractivity contribution in [1.29, 1.82) is 0 Å². The minimum absolute atomic E-state index is 0.0901. The molecule has 25 heavy (non-hydrogen) atoms. The molecule has 0 aliphatic rings. The molecule has 0 spiro atoms. The van der Waals surface area contributed by atoms with Crippen LogP contribution in [0.5, 0.6) is 0 Å². The summed E-state index contributed by atoms with van der Waals surface area (Å²) in [4.78, 5) is 11.9. The van der Waals surface area contributed by atoms with E-state index in [1.807, 2.05) is 0 Å². The lowest BCUT2D eigenvalue weighted by Gasteiger charge is -2.09. The van der Waals surface area contributed by atoms with E-state index in [1.165, 1.54) is 7.05 Å². The first kappa shape index (κ1) is 19.5. The third-order valence-corrected chi connectivity index (χ3v) is 5.04. The minimum Gasteiger partial charge on any atom is -0.334 e. The molecule has 0 radical (unpaired) electrons. The van der Waals surface area contributed by atoms with Crippen molar-refractivity contribution in [3.8, 4) is 0 Å². The van der Waals surface area contributed by atoms with Crippen LogP contribution in [0.1, 0.15) is 11.1 Å². The van der Waals surface area contributed by atoms with Gasteiger partial charge < -0.3 is 10.6 Å². The number of urea groups is 1. The number of hydrogen-bond donors (Lipinski definition) is 3. The lowest BCUT2D eigenvalue weighted by atomic mass is 10.1. The molecular weight excluding hydrogens is 385 g/mol. The van der Waals surface area contributed by atoms with Crippen molar-refractivity contribution in [2.24, 2.45) is 0 Å². The molecule has 0 aliphatic heterocycles. The topological polar surface area (TPSA) is 87.3 Å². The molecule has 0 fully saturated rings. The molecule has 134 valence electrons. The molecule has 2 aromatic carbocycles. The lowest BCUT2D eigenvalue weighted by Crippen LogP contribution is -2.28. The highest BCUT2D eigenvalue weighted by atomic mass is 35.5. The van der Waals surface area contributed by atoms with Gasteiger partial charge in [-0.15, -0.1) is 0 Å². The molecule has 2 rings (SSSR count). The maximum atomic E-state index is 11.9. The van der Waals surface area contributed by atoms with Gasteiger partial charge in [0.2, 0.25) is 10.0 Å². The first-order valence-electron chi connectivity index (χ1n) is 7.27. The fourth-order valence-electron chi connectivity index (χ4n) is 2.03. The monoisotopic (exact) mass is 401 g/mol.